The Morgan fingerprint density at radius 1 is 1.29 bits per heavy atom. The van der Waals surface area contributed by atoms with Gasteiger partial charge in [0.1, 0.15) is 0 Å². The van der Waals surface area contributed by atoms with Gasteiger partial charge >= 0.3 is 5.97 Å². The van der Waals surface area contributed by atoms with E-state index in [1.165, 1.54) is 6.42 Å². The second-order valence-electron chi connectivity index (χ2n) is 4.55. The van der Waals surface area contributed by atoms with E-state index in [9.17, 15) is 9.90 Å². The molecule has 0 heterocycles. The van der Waals surface area contributed by atoms with Gasteiger partial charge in [0, 0.05) is 12.0 Å². The third-order valence-corrected chi connectivity index (χ3v) is 4.09. The number of hydrogen-bond donors (Lipinski definition) is 1. The van der Waals surface area contributed by atoms with Gasteiger partial charge in [-0.3, -0.25) is 0 Å². The van der Waals surface area contributed by atoms with Gasteiger partial charge in [-0.15, -0.1) is 0 Å². The van der Waals surface area contributed by atoms with Crippen LogP contribution in [0.3, 0.4) is 0 Å². The number of carbonyl (C=O) groups is 1. The predicted molar refractivity (Wildman–Crippen MR) is 52.1 cm³/mol. The highest BCUT2D eigenvalue weighted by molar-refractivity contribution is 5.79. The van der Waals surface area contributed by atoms with Crippen molar-refractivity contribution in [2.75, 3.05) is 6.61 Å². The average molecular weight is 198 g/mol. The fraction of sp³-hybridized carbons (Fsp3) is 0.909. The van der Waals surface area contributed by atoms with E-state index in [-0.39, 0.29) is 5.41 Å². The minimum Gasteiger partial charge on any atom is -0.479 e. The maximum absolute atomic E-state index is 11.4. The molecule has 0 saturated heterocycles. The molecule has 3 nitrogen and oxygen atoms in total. The van der Waals surface area contributed by atoms with E-state index in [2.05, 4.69) is 0 Å². The van der Waals surface area contributed by atoms with Crippen molar-refractivity contribution in [3.8, 4) is 0 Å². The predicted octanol–water partition coefficient (Wildman–Crippen LogP) is 2.20. The molecule has 2 aliphatic carbocycles. The molecule has 0 radical (unpaired) electrons. The Bertz CT molecular complexity index is 245. The highest BCUT2D eigenvalue weighted by Gasteiger charge is 2.63. The van der Waals surface area contributed by atoms with Crippen LogP contribution in [-0.2, 0) is 9.53 Å². The Hall–Kier alpha value is -0.570. The Labute approximate surface area is 84.4 Å². The maximum atomic E-state index is 11.4. The van der Waals surface area contributed by atoms with E-state index in [1.807, 2.05) is 6.92 Å². The van der Waals surface area contributed by atoms with Gasteiger partial charge in [0.2, 0.25) is 0 Å². The van der Waals surface area contributed by atoms with E-state index in [0.29, 0.717) is 13.0 Å². The standard InChI is InChI=1S/C11H18O3/c1-2-14-11(9(12)13)8-4-7-10(11)5-3-6-10/h2-8H2,1H3,(H,12,13). The molecule has 2 rings (SSSR count). The van der Waals surface area contributed by atoms with Crippen LogP contribution in [0.2, 0.25) is 0 Å². The summed E-state index contributed by atoms with van der Waals surface area (Å²) in [6, 6.07) is 0. The summed E-state index contributed by atoms with van der Waals surface area (Å²) in [5.74, 6) is -0.739. The zero-order chi connectivity index (χ0) is 10.2. The molecule has 2 aliphatic rings. The molecular formula is C11H18O3. The molecule has 14 heavy (non-hydrogen) atoms. The lowest BCUT2D eigenvalue weighted by atomic mass is 9.60. The van der Waals surface area contributed by atoms with Crippen LogP contribution >= 0.6 is 0 Å². The summed E-state index contributed by atoms with van der Waals surface area (Å²) in [6.07, 6.45) is 6.00. The summed E-state index contributed by atoms with van der Waals surface area (Å²) in [7, 11) is 0. The van der Waals surface area contributed by atoms with Gasteiger partial charge in [-0.25, -0.2) is 4.79 Å². The molecule has 2 fully saturated rings. The third-order valence-electron chi connectivity index (χ3n) is 4.09. The van der Waals surface area contributed by atoms with Crippen LogP contribution in [-0.4, -0.2) is 23.3 Å². The molecule has 2 saturated carbocycles. The molecule has 0 aromatic rings. The first-order valence-corrected chi connectivity index (χ1v) is 5.54. The van der Waals surface area contributed by atoms with Crippen LogP contribution in [0.5, 0.6) is 0 Å². The zero-order valence-corrected chi connectivity index (χ0v) is 8.71. The molecular weight excluding hydrogens is 180 g/mol. The fourth-order valence-electron chi connectivity index (χ4n) is 3.27. The number of ether oxygens (including phenoxy) is 1. The van der Waals surface area contributed by atoms with Gasteiger partial charge in [0.05, 0.1) is 0 Å². The number of carboxylic acid groups (broad SMARTS) is 1. The van der Waals surface area contributed by atoms with E-state index in [4.69, 9.17) is 4.74 Å². The van der Waals surface area contributed by atoms with Crippen molar-refractivity contribution in [3.05, 3.63) is 0 Å². The van der Waals surface area contributed by atoms with Crippen molar-refractivity contribution in [3.63, 3.8) is 0 Å². The van der Waals surface area contributed by atoms with Crippen LogP contribution in [0.4, 0.5) is 0 Å². The maximum Gasteiger partial charge on any atom is 0.336 e. The van der Waals surface area contributed by atoms with Crippen LogP contribution < -0.4 is 0 Å². The first-order chi connectivity index (χ1) is 6.67. The van der Waals surface area contributed by atoms with Crippen LogP contribution in [0, 0.1) is 5.41 Å². The third kappa shape index (κ3) is 1.05. The quantitative estimate of drug-likeness (QED) is 0.756. The Morgan fingerprint density at radius 2 is 1.86 bits per heavy atom. The topological polar surface area (TPSA) is 46.5 Å². The van der Waals surface area contributed by atoms with Gasteiger partial charge in [-0.2, -0.15) is 0 Å². The average Bonchev–Trinajstić information content (AvgIpc) is 2.44. The molecule has 3 heteroatoms. The summed E-state index contributed by atoms with van der Waals surface area (Å²) < 4.78 is 5.61. The SMILES string of the molecule is CCOC1(C(=O)O)CCCC12CCC2. The van der Waals surface area contributed by atoms with Crippen LogP contribution in [0.1, 0.15) is 45.4 Å². The Balaban J connectivity index is 2.28. The molecule has 1 N–H and O–H groups in total. The molecule has 0 aromatic heterocycles. The molecule has 80 valence electrons. The van der Waals surface area contributed by atoms with Gasteiger partial charge in [0.15, 0.2) is 5.60 Å². The van der Waals surface area contributed by atoms with Crippen molar-refractivity contribution in [2.24, 2.45) is 5.41 Å². The minimum absolute atomic E-state index is 0.0190. The lowest BCUT2D eigenvalue weighted by molar-refractivity contribution is -0.192. The van der Waals surface area contributed by atoms with Gasteiger partial charge in [-0.05, 0) is 39.0 Å². The highest BCUT2D eigenvalue weighted by Crippen LogP contribution is 2.60. The molecule has 0 aliphatic heterocycles. The van der Waals surface area contributed by atoms with Crippen molar-refractivity contribution in [1.82, 2.24) is 0 Å². The van der Waals surface area contributed by atoms with Crippen molar-refractivity contribution in [2.45, 2.75) is 51.0 Å². The number of aliphatic carboxylic acids is 1. The fourth-order valence-corrected chi connectivity index (χ4v) is 3.27. The molecule has 0 bridgehead atoms. The summed E-state index contributed by atoms with van der Waals surface area (Å²) in [4.78, 5) is 11.4. The summed E-state index contributed by atoms with van der Waals surface area (Å²) in [5.41, 5.74) is -0.866. The first-order valence-electron chi connectivity index (χ1n) is 5.54. The van der Waals surface area contributed by atoms with Crippen molar-refractivity contribution < 1.29 is 14.6 Å². The minimum atomic E-state index is -0.847. The second kappa shape index (κ2) is 3.23. The Kier molecular flexibility index (Phi) is 2.30. The number of hydrogen-bond acceptors (Lipinski definition) is 2. The van der Waals surface area contributed by atoms with Gasteiger partial charge in [-0.1, -0.05) is 6.42 Å². The molecule has 0 amide bonds. The van der Waals surface area contributed by atoms with Gasteiger partial charge in [0.25, 0.3) is 0 Å². The number of rotatable bonds is 3. The lowest BCUT2D eigenvalue weighted by Crippen LogP contribution is -2.55. The highest BCUT2D eigenvalue weighted by atomic mass is 16.5. The van der Waals surface area contributed by atoms with Crippen molar-refractivity contribution in [1.29, 1.82) is 0 Å². The first kappa shape index (κ1) is 9.97. The van der Waals surface area contributed by atoms with Gasteiger partial charge < -0.3 is 9.84 Å². The smallest absolute Gasteiger partial charge is 0.336 e. The molecule has 1 atom stereocenters. The van der Waals surface area contributed by atoms with E-state index in [1.54, 1.807) is 0 Å². The summed E-state index contributed by atoms with van der Waals surface area (Å²) in [6.45, 7) is 2.39. The largest absolute Gasteiger partial charge is 0.479 e. The Morgan fingerprint density at radius 3 is 2.29 bits per heavy atom. The second-order valence-corrected chi connectivity index (χ2v) is 4.55. The van der Waals surface area contributed by atoms with Crippen LogP contribution in [0.15, 0.2) is 0 Å². The summed E-state index contributed by atoms with van der Waals surface area (Å²) in [5, 5.41) is 9.37. The molecule has 0 aromatic carbocycles. The zero-order valence-electron chi connectivity index (χ0n) is 8.71. The molecule has 1 unspecified atom stereocenters. The molecule has 1 spiro atoms. The van der Waals surface area contributed by atoms with E-state index in [0.717, 1.165) is 25.7 Å². The van der Waals surface area contributed by atoms with E-state index < -0.39 is 11.6 Å². The lowest BCUT2D eigenvalue weighted by Gasteiger charge is -2.49. The van der Waals surface area contributed by atoms with E-state index >= 15 is 0 Å². The monoisotopic (exact) mass is 198 g/mol. The summed E-state index contributed by atoms with van der Waals surface area (Å²) >= 11 is 0. The van der Waals surface area contributed by atoms with Crippen molar-refractivity contribution >= 4 is 5.97 Å². The van der Waals surface area contributed by atoms with Crippen LogP contribution in [0.25, 0.3) is 0 Å². The number of carboxylic acids is 1. The normalized spacial score (nSPS) is 34.4.